The minimum Gasteiger partial charge on any atom is -0.376 e. The number of nitrogens with one attached hydrogen (secondary N) is 2. The van der Waals surface area contributed by atoms with E-state index in [1.54, 1.807) is 12.1 Å². The van der Waals surface area contributed by atoms with Gasteiger partial charge < -0.3 is 10.6 Å². The minimum atomic E-state index is -3.49. The zero-order valence-electron chi connectivity index (χ0n) is 17.1. The van der Waals surface area contributed by atoms with E-state index in [1.165, 1.54) is 40.4 Å². The smallest absolute Gasteiger partial charge is 0.243 e. The fourth-order valence-corrected chi connectivity index (χ4v) is 5.21. The van der Waals surface area contributed by atoms with Crippen LogP contribution in [-0.4, -0.2) is 38.3 Å². The number of amides is 1. The number of carbonyl (C=O) groups is 1. The van der Waals surface area contributed by atoms with Gasteiger partial charge in [-0.2, -0.15) is 4.31 Å². The number of fused-ring (bicyclic) bond motifs is 1. The number of hydrogen-bond donors (Lipinski definition) is 2. The number of hydrogen-bond acceptors (Lipinski definition) is 4. The molecule has 6 nitrogen and oxygen atoms in total. The lowest BCUT2D eigenvalue weighted by molar-refractivity contribution is -0.114. The van der Waals surface area contributed by atoms with Crippen molar-refractivity contribution in [2.45, 2.75) is 44.4 Å². The molecule has 0 saturated heterocycles. The second-order valence-corrected chi connectivity index (χ2v) is 9.10. The third-order valence-electron chi connectivity index (χ3n) is 5.32. The molecule has 0 bridgehead atoms. The number of rotatable bonds is 8. The van der Waals surface area contributed by atoms with Crippen LogP contribution in [0.15, 0.2) is 47.4 Å². The van der Waals surface area contributed by atoms with Crippen molar-refractivity contribution in [3.8, 4) is 0 Å². The summed E-state index contributed by atoms with van der Waals surface area (Å²) in [7, 11) is -3.49. The lowest BCUT2D eigenvalue weighted by atomic mass is 9.90. The van der Waals surface area contributed by atoms with Gasteiger partial charge in [0.05, 0.1) is 11.4 Å². The number of sulfonamides is 1. The molecular formula is C22H29N3O3S. The van der Waals surface area contributed by atoms with Crippen molar-refractivity contribution in [3.63, 3.8) is 0 Å². The topological polar surface area (TPSA) is 78.5 Å². The minimum absolute atomic E-state index is 0.163. The molecule has 0 saturated carbocycles. The number of carbonyl (C=O) groups excluding carboxylic acids is 1. The molecule has 7 heteroatoms. The Hall–Kier alpha value is -2.38. The predicted octanol–water partition coefficient (Wildman–Crippen LogP) is 3.65. The van der Waals surface area contributed by atoms with Crippen molar-refractivity contribution in [1.29, 1.82) is 0 Å². The summed E-state index contributed by atoms with van der Waals surface area (Å²) in [5, 5.41) is 6.06. The van der Waals surface area contributed by atoms with Gasteiger partial charge in [-0.3, -0.25) is 4.79 Å². The molecule has 0 heterocycles. The van der Waals surface area contributed by atoms with E-state index in [1.807, 2.05) is 26.0 Å². The maximum atomic E-state index is 12.5. The normalized spacial score (nSPS) is 13.8. The van der Waals surface area contributed by atoms with Gasteiger partial charge in [0.1, 0.15) is 0 Å². The Morgan fingerprint density at radius 3 is 2.38 bits per heavy atom. The second kappa shape index (κ2) is 9.41. The Labute approximate surface area is 173 Å². The molecule has 0 fully saturated rings. The zero-order chi connectivity index (χ0) is 20.9. The Balaban J connectivity index is 1.60. The van der Waals surface area contributed by atoms with Crippen LogP contribution in [0.5, 0.6) is 0 Å². The molecule has 2 aromatic rings. The lowest BCUT2D eigenvalue weighted by Crippen LogP contribution is -2.30. The molecule has 0 unspecified atom stereocenters. The van der Waals surface area contributed by atoms with Gasteiger partial charge in [-0.15, -0.1) is 0 Å². The van der Waals surface area contributed by atoms with Crippen molar-refractivity contribution < 1.29 is 13.2 Å². The van der Waals surface area contributed by atoms with Gasteiger partial charge in [-0.25, -0.2) is 8.42 Å². The summed E-state index contributed by atoms with van der Waals surface area (Å²) in [4.78, 5) is 12.6. The van der Waals surface area contributed by atoms with Gasteiger partial charge in [-0.1, -0.05) is 26.0 Å². The summed E-state index contributed by atoms with van der Waals surface area (Å²) in [6.07, 6.45) is 4.54. The quantitative estimate of drug-likeness (QED) is 0.690. The fourth-order valence-electron chi connectivity index (χ4n) is 3.75. The van der Waals surface area contributed by atoms with Gasteiger partial charge in [0.2, 0.25) is 15.9 Å². The molecular weight excluding hydrogens is 386 g/mol. The summed E-state index contributed by atoms with van der Waals surface area (Å²) in [5.74, 6) is -0.169. The second-order valence-electron chi connectivity index (χ2n) is 7.17. The fraction of sp³-hybridized carbons (Fsp3) is 0.409. The van der Waals surface area contributed by atoms with Crippen molar-refractivity contribution in [1.82, 2.24) is 4.31 Å². The molecule has 0 aromatic heterocycles. The molecule has 2 N–H and O–H groups in total. The summed E-state index contributed by atoms with van der Waals surface area (Å²) < 4.78 is 26.5. The van der Waals surface area contributed by atoms with Crippen LogP contribution in [0.2, 0.25) is 0 Å². The van der Waals surface area contributed by atoms with E-state index in [9.17, 15) is 13.2 Å². The van der Waals surface area contributed by atoms with Crippen LogP contribution in [0.3, 0.4) is 0 Å². The van der Waals surface area contributed by atoms with Crippen LogP contribution in [0, 0.1) is 0 Å². The van der Waals surface area contributed by atoms with Gasteiger partial charge in [0.15, 0.2) is 0 Å². The zero-order valence-corrected chi connectivity index (χ0v) is 17.9. The lowest BCUT2D eigenvalue weighted by Gasteiger charge is -2.20. The van der Waals surface area contributed by atoms with Gasteiger partial charge >= 0.3 is 0 Å². The highest BCUT2D eigenvalue weighted by atomic mass is 32.2. The number of anilines is 2. The average Bonchev–Trinajstić information content (AvgIpc) is 2.73. The molecule has 0 atom stereocenters. The molecule has 2 aromatic carbocycles. The van der Waals surface area contributed by atoms with Crippen molar-refractivity contribution in [3.05, 3.63) is 53.6 Å². The monoisotopic (exact) mass is 415 g/mol. The number of aryl methyl sites for hydroxylation is 1. The first-order valence-electron chi connectivity index (χ1n) is 10.2. The highest BCUT2D eigenvalue weighted by Gasteiger charge is 2.21. The van der Waals surface area contributed by atoms with Crippen LogP contribution in [0.25, 0.3) is 0 Å². The summed E-state index contributed by atoms with van der Waals surface area (Å²) in [6, 6.07) is 12.5. The first-order valence-corrected chi connectivity index (χ1v) is 11.6. The largest absolute Gasteiger partial charge is 0.376 e. The van der Waals surface area contributed by atoms with Crippen molar-refractivity contribution in [2.75, 3.05) is 30.3 Å². The Kier molecular flexibility index (Phi) is 6.92. The number of benzene rings is 2. The van der Waals surface area contributed by atoms with E-state index >= 15 is 0 Å². The molecule has 0 spiro atoms. The van der Waals surface area contributed by atoms with E-state index in [0.29, 0.717) is 18.8 Å². The van der Waals surface area contributed by atoms with Crippen LogP contribution >= 0.6 is 0 Å². The first-order chi connectivity index (χ1) is 14.0. The molecule has 0 aliphatic heterocycles. The third-order valence-corrected chi connectivity index (χ3v) is 7.38. The van der Waals surface area contributed by atoms with E-state index in [-0.39, 0.29) is 17.3 Å². The van der Waals surface area contributed by atoms with E-state index in [4.69, 9.17) is 0 Å². The maximum absolute atomic E-state index is 12.5. The third kappa shape index (κ3) is 4.97. The standard InChI is InChI=1S/C22H29N3O3S/c1-3-25(4-2)29(27,28)19-14-12-18(13-15-19)24-22(26)16-23-21-11-7-9-17-8-5-6-10-20(17)21/h7,9,11-15,23H,3-6,8,10,16H2,1-2H3,(H,24,26). The Morgan fingerprint density at radius 1 is 1.00 bits per heavy atom. The molecule has 0 radical (unpaired) electrons. The summed E-state index contributed by atoms with van der Waals surface area (Å²) >= 11 is 0. The van der Waals surface area contributed by atoms with E-state index in [2.05, 4.69) is 16.7 Å². The molecule has 1 aliphatic carbocycles. The molecule has 29 heavy (non-hydrogen) atoms. The van der Waals surface area contributed by atoms with Gasteiger partial charge in [0.25, 0.3) is 0 Å². The van der Waals surface area contributed by atoms with Crippen LogP contribution < -0.4 is 10.6 Å². The van der Waals surface area contributed by atoms with Gasteiger partial charge in [-0.05, 0) is 67.1 Å². The van der Waals surface area contributed by atoms with Gasteiger partial charge in [0, 0.05) is 24.5 Å². The van der Waals surface area contributed by atoms with E-state index in [0.717, 1.165) is 18.5 Å². The maximum Gasteiger partial charge on any atom is 0.243 e. The van der Waals surface area contributed by atoms with Crippen molar-refractivity contribution in [2.24, 2.45) is 0 Å². The van der Waals surface area contributed by atoms with Crippen LogP contribution in [-0.2, 0) is 27.7 Å². The average molecular weight is 416 g/mol. The number of nitrogens with zero attached hydrogens (tertiary/aromatic N) is 1. The summed E-state index contributed by atoms with van der Waals surface area (Å²) in [6.45, 7) is 4.63. The molecule has 156 valence electrons. The Bertz CT molecular complexity index is 952. The van der Waals surface area contributed by atoms with Crippen LogP contribution in [0.4, 0.5) is 11.4 Å². The SMILES string of the molecule is CCN(CC)S(=O)(=O)c1ccc(NC(=O)CNc2cccc3c2CCCC3)cc1. The highest BCUT2D eigenvalue weighted by Crippen LogP contribution is 2.27. The molecule has 1 amide bonds. The highest BCUT2D eigenvalue weighted by molar-refractivity contribution is 7.89. The summed E-state index contributed by atoms with van der Waals surface area (Å²) in [5.41, 5.74) is 4.28. The predicted molar refractivity (Wildman–Crippen MR) is 117 cm³/mol. The Morgan fingerprint density at radius 2 is 1.69 bits per heavy atom. The molecule has 1 aliphatic rings. The van der Waals surface area contributed by atoms with Crippen molar-refractivity contribution >= 4 is 27.3 Å². The first kappa shape index (κ1) is 21.3. The molecule has 3 rings (SSSR count). The van der Waals surface area contributed by atoms with E-state index < -0.39 is 10.0 Å². The van der Waals surface area contributed by atoms with Crippen LogP contribution in [0.1, 0.15) is 37.8 Å².